The Bertz CT molecular complexity index is 1700. The van der Waals surface area contributed by atoms with E-state index in [-0.39, 0.29) is 6.04 Å². The Morgan fingerprint density at radius 3 is 1.69 bits per heavy atom. The van der Waals surface area contributed by atoms with E-state index in [1.54, 1.807) is 7.11 Å². The van der Waals surface area contributed by atoms with Crippen molar-refractivity contribution >= 4 is 32.7 Å². The largest absolute Gasteiger partial charge is 0.495 e. The van der Waals surface area contributed by atoms with Gasteiger partial charge in [0.15, 0.2) is 0 Å². The van der Waals surface area contributed by atoms with Crippen molar-refractivity contribution in [2.75, 3.05) is 7.11 Å². The average Bonchev–Trinajstić information content (AvgIpc) is 2.93. The van der Waals surface area contributed by atoms with Crippen molar-refractivity contribution in [3.8, 4) is 0 Å². The van der Waals surface area contributed by atoms with Crippen LogP contribution in [-0.4, -0.2) is 7.11 Å². The number of hydrogen-bond acceptors (Lipinski definition) is 2. The summed E-state index contributed by atoms with van der Waals surface area (Å²) in [6, 6.07) is 36.1. The van der Waals surface area contributed by atoms with Crippen molar-refractivity contribution < 1.29 is 4.74 Å². The zero-order valence-corrected chi connectivity index (χ0v) is 20.1. The maximum Gasteiger partial charge on any atom is 0.135 e. The molecule has 2 aliphatic carbocycles. The van der Waals surface area contributed by atoms with Gasteiger partial charge in [0.1, 0.15) is 5.76 Å². The third-order valence-corrected chi connectivity index (χ3v) is 7.66. The van der Waals surface area contributed by atoms with Crippen LogP contribution in [0.2, 0.25) is 0 Å². The molecule has 0 radical (unpaired) electrons. The lowest BCUT2D eigenvalue weighted by Gasteiger charge is -2.36. The molecule has 5 aromatic rings. The molecule has 0 spiro atoms. The SMILES string of the molecule is C=C1C(=C2c3ccccc3C(N)c3ccccc32)C(OC)=C1c1c2ccccc2cc2ccccc12. The Morgan fingerprint density at radius 2 is 1.14 bits per heavy atom. The summed E-state index contributed by atoms with van der Waals surface area (Å²) in [7, 11) is 1.77. The fraction of sp³-hybridized carbons (Fsp3) is 0.0588. The first-order chi connectivity index (χ1) is 17.7. The summed E-state index contributed by atoms with van der Waals surface area (Å²) in [5, 5.41) is 4.83. The minimum absolute atomic E-state index is 0.161. The van der Waals surface area contributed by atoms with Crippen LogP contribution in [0, 0.1) is 0 Å². The second kappa shape index (κ2) is 7.81. The van der Waals surface area contributed by atoms with Crippen molar-refractivity contribution in [2.45, 2.75) is 6.04 Å². The quantitative estimate of drug-likeness (QED) is 0.271. The standard InChI is InChI=1S/C34H25NO/c1-20-29(31-23-13-5-3-11-21(23)19-22-12-4-6-14-24(22)31)34(36-2)30(20)32-25-15-7-9-17-27(25)33(35)28-18-10-8-16-26(28)32/h3-19,33H,1,35H2,2H3. The molecule has 2 aliphatic rings. The van der Waals surface area contributed by atoms with Crippen LogP contribution >= 0.6 is 0 Å². The molecule has 0 heterocycles. The summed E-state index contributed by atoms with van der Waals surface area (Å²) in [6.07, 6.45) is 0. The van der Waals surface area contributed by atoms with Crippen molar-refractivity contribution in [3.05, 3.63) is 154 Å². The lowest BCUT2D eigenvalue weighted by Crippen LogP contribution is -2.23. The minimum Gasteiger partial charge on any atom is -0.495 e. The minimum atomic E-state index is -0.161. The molecule has 7 rings (SSSR count). The van der Waals surface area contributed by atoms with Crippen LogP contribution in [0.15, 0.2) is 127 Å². The monoisotopic (exact) mass is 463 g/mol. The highest BCUT2D eigenvalue weighted by atomic mass is 16.5. The maximum absolute atomic E-state index is 6.74. The second-order valence-electron chi connectivity index (χ2n) is 9.48. The molecular weight excluding hydrogens is 438 g/mol. The first-order valence-corrected chi connectivity index (χ1v) is 12.3. The highest BCUT2D eigenvalue weighted by Crippen LogP contribution is 2.55. The van der Waals surface area contributed by atoms with Gasteiger partial charge in [-0.05, 0) is 55.4 Å². The molecule has 0 aliphatic heterocycles. The summed E-state index contributed by atoms with van der Waals surface area (Å²) in [5.41, 5.74) is 16.8. The van der Waals surface area contributed by atoms with Gasteiger partial charge in [-0.15, -0.1) is 0 Å². The lowest BCUT2D eigenvalue weighted by atomic mass is 9.70. The normalized spacial score (nSPS) is 16.7. The lowest BCUT2D eigenvalue weighted by molar-refractivity contribution is 0.299. The van der Waals surface area contributed by atoms with Gasteiger partial charge < -0.3 is 10.5 Å². The third-order valence-electron chi connectivity index (χ3n) is 7.66. The fourth-order valence-electron chi connectivity index (χ4n) is 6.05. The van der Waals surface area contributed by atoms with Gasteiger partial charge >= 0.3 is 0 Å². The Morgan fingerprint density at radius 1 is 0.639 bits per heavy atom. The number of nitrogens with two attached hydrogens (primary N) is 1. The van der Waals surface area contributed by atoms with Crippen LogP contribution in [0.3, 0.4) is 0 Å². The molecule has 0 amide bonds. The molecular formula is C34H25NO. The average molecular weight is 464 g/mol. The van der Waals surface area contributed by atoms with Crippen molar-refractivity contribution in [2.24, 2.45) is 5.73 Å². The first kappa shape index (κ1) is 20.9. The summed E-state index contributed by atoms with van der Waals surface area (Å²) in [4.78, 5) is 0. The molecule has 0 bridgehead atoms. The van der Waals surface area contributed by atoms with Crippen LogP contribution in [0.1, 0.15) is 33.9 Å². The molecule has 0 atom stereocenters. The molecule has 0 unspecified atom stereocenters. The van der Waals surface area contributed by atoms with Crippen molar-refractivity contribution in [1.82, 2.24) is 0 Å². The predicted molar refractivity (Wildman–Crippen MR) is 149 cm³/mol. The topological polar surface area (TPSA) is 35.2 Å². The highest BCUT2D eigenvalue weighted by molar-refractivity contribution is 6.17. The zero-order valence-electron chi connectivity index (χ0n) is 20.1. The van der Waals surface area contributed by atoms with E-state index in [0.29, 0.717) is 0 Å². The van der Waals surface area contributed by atoms with Gasteiger partial charge in [0.25, 0.3) is 0 Å². The Labute approximate surface area is 210 Å². The van der Waals surface area contributed by atoms with E-state index in [1.165, 1.54) is 27.1 Å². The highest BCUT2D eigenvalue weighted by Gasteiger charge is 2.38. The summed E-state index contributed by atoms with van der Waals surface area (Å²) in [5.74, 6) is 0.886. The van der Waals surface area contributed by atoms with Gasteiger partial charge in [-0.3, -0.25) is 0 Å². The van der Waals surface area contributed by atoms with Gasteiger partial charge in [0, 0.05) is 22.3 Å². The van der Waals surface area contributed by atoms with E-state index >= 15 is 0 Å². The molecule has 0 saturated heterocycles. The summed E-state index contributed by atoms with van der Waals surface area (Å²) >= 11 is 0. The van der Waals surface area contributed by atoms with Crippen molar-refractivity contribution in [1.29, 1.82) is 0 Å². The van der Waals surface area contributed by atoms with Gasteiger partial charge in [-0.25, -0.2) is 0 Å². The molecule has 2 N–H and O–H groups in total. The number of ether oxygens (including phenoxy) is 1. The molecule has 36 heavy (non-hydrogen) atoms. The molecule has 2 nitrogen and oxygen atoms in total. The van der Waals surface area contributed by atoms with Crippen LogP contribution in [0.4, 0.5) is 0 Å². The third kappa shape index (κ3) is 2.76. The van der Waals surface area contributed by atoms with Crippen LogP contribution in [0.25, 0.3) is 32.7 Å². The smallest absolute Gasteiger partial charge is 0.135 e. The van der Waals surface area contributed by atoms with E-state index in [1.807, 2.05) is 0 Å². The van der Waals surface area contributed by atoms with Gasteiger partial charge in [-0.2, -0.15) is 0 Å². The van der Waals surface area contributed by atoms with Gasteiger partial charge in [0.2, 0.25) is 0 Å². The number of rotatable bonds is 2. The van der Waals surface area contributed by atoms with E-state index in [4.69, 9.17) is 10.5 Å². The molecule has 172 valence electrons. The molecule has 0 fully saturated rings. The molecule has 0 saturated carbocycles. The fourth-order valence-corrected chi connectivity index (χ4v) is 6.05. The Kier molecular flexibility index (Phi) is 4.54. The van der Waals surface area contributed by atoms with Crippen LogP contribution in [0.5, 0.6) is 0 Å². The molecule has 2 heteroatoms. The number of allylic oxidation sites excluding steroid dienone is 2. The molecule has 0 aromatic heterocycles. The van der Waals surface area contributed by atoms with Crippen molar-refractivity contribution in [3.63, 3.8) is 0 Å². The predicted octanol–water partition coefficient (Wildman–Crippen LogP) is 7.78. The van der Waals surface area contributed by atoms with Crippen LogP contribution in [-0.2, 0) is 4.74 Å². The number of fused-ring (bicyclic) bond motifs is 4. The maximum atomic E-state index is 6.74. The van der Waals surface area contributed by atoms with Crippen LogP contribution < -0.4 is 5.73 Å². The number of methoxy groups -OCH3 is 1. The van der Waals surface area contributed by atoms with E-state index < -0.39 is 0 Å². The number of benzene rings is 5. The van der Waals surface area contributed by atoms with E-state index in [9.17, 15) is 0 Å². The second-order valence-corrected chi connectivity index (χ2v) is 9.48. The van der Waals surface area contributed by atoms with E-state index in [2.05, 4.69) is 110 Å². The zero-order chi connectivity index (χ0) is 24.4. The number of hydrogen-bond donors (Lipinski definition) is 1. The Hall–Kier alpha value is -4.40. The van der Waals surface area contributed by atoms with Gasteiger partial charge in [-0.1, -0.05) is 104 Å². The molecule has 5 aromatic carbocycles. The van der Waals surface area contributed by atoms with Gasteiger partial charge in [0.05, 0.1) is 13.2 Å². The first-order valence-electron chi connectivity index (χ1n) is 12.3. The Balaban J connectivity index is 1.59. The summed E-state index contributed by atoms with van der Waals surface area (Å²) < 4.78 is 6.17. The van der Waals surface area contributed by atoms with E-state index in [0.717, 1.165) is 50.3 Å². The summed E-state index contributed by atoms with van der Waals surface area (Å²) in [6.45, 7) is 4.62.